The summed E-state index contributed by atoms with van der Waals surface area (Å²) in [5.41, 5.74) is 2.77. The highest BCUT2D eigenvalue weighted by atomic mass is 16.3. The fourth-order valence-corrected chi connectivity index (χ4v) is 2.82. The van der Waals surface area contributed by atoms with Gasteiger partial charge in [0.05, 0.1) is 6.10 Å². The second-order valence-corrected chi connectivity index (χ2v) is 4.83. The van der Waals surface area contributed by atoms with Gasteiger partial charge in [0, 0.05) is 0 Å². The van der Waals surface area contributed by atoms with Gasteiger partial charge in [-0.25, -0.2) is 0 Å². The van der Waals surface area contributed by atoms with Crippen molar-refractivity contribution in [3.8, 4) is 0 Å². The van der Waals surface area contributed by atoms with Crippen LogP contribution in [0.2, 0.25) is 0 Å². The maximum absolute atomic E-state index is 9.72. The van der Waals surface area contributed by atoms with Crippen molar-refractivity contribution in [1.29, 1.82) is 0 Å². The summed E-state index contributed by atoms with van der Waals surface area (Å²) >= 11 is 0. The zero-order valence-electron chi connectivity index (χ0n) is 9.77. The summed E-state index contributed by atoms with van der Waals surface area (Å²) in [5.74, 6) is 1.37. The lowest BCUT2D eigenvalue weighted by Gasteiger charge is -2.46. The minimum absolute atomic E-state index is 0.110. The third kappa shape index (κ3) is 1.69. The highest BCUT2D eigenvalue weighted by Gasteiger charge is 2.44. The van der Waals surface area contributed by atoms with Gasteiger partial charge in [0.25, 0.3) is 0 Å². The van der Waals surface area contributed by atoms with Crippen LogP contribution in [0.25, 0.3) is 0 Å². The summed E-state index contributed by atoms with van der Waals surface area (Å²) in [6, 6.07) is 8.86. The van der Waals surface area contributed by atoms with E-state index in [0.29, 0.717) is 17.8 Å². The van der Waals surface area contributed by atoms with Gasteiger partial charge < -0.3 is 5.11 Å². The topological polar surface area (TPSA) is 20.2 Å². The van der Waals surface area contributed by atoms with Crippen LogP contribution in [0.5, 0.6) is 0 Å². The van der Waals surface area contributed by atoms with Crippen molar-refractivity contribution in [3.63, 3.8) is 0 Å². The highest BCUT2D eigenvalue weighted by Crippen LogP contribution is 2.47. The Kier molecular flexibility index (Phi) is 2.83. The third-order valence-electron chi connectivity index (χ3n) is 3.98. The molecule has 1 nitrogen and oxygen atoms in total. The summed E-state index contributed by atoms with van der Waals surface area (Å²) in [7, 11) is 0. The molecular weight excluding hydrogens is 184 g/mol. The van der Waals surface area contributed by atoms with Crippen LogP contribution in [-0.4, -0.2) is 11.2 Å². The minimum atomic E-state index is -0.110. The Bertz CT molecular complexity index is 318. The average Bonchev–Trinajstić information content (AvgIpc) is 2.30. The van der Waals surface area contributed by atoms with Crippen LogP contribution in [-0.2, 0) is 6.42 Å². The monoisotopic (exact) mass is 204 g/mol. The van der Waals surface area contributed by atoms with E-state index in [2.05, 4.69) is 45.0 Å². The van der Waals surface area contributed by atoms with E-state index in [1.165, 1.54) is 11.1 Å². The minimum Gasteiger partial charge on any atom is -0.393 e. The quantitative estimate of drug-likeness (QED) is 0.785. The smallest absolute Gasteiger partial charge is 0.0603 e. The van der Waals surface area contributed by atoms with E-state index in [0.717, 1.165) is 6.42 Å². The van der Waals surface area contributed by atoms with E-state index in [1.54, 1.807) is 0 Å². The van der Waals surface area contributed by atoms with Gasteiger partial charge in [0.2, 0.25) is 0 Å². The first kappa shape index (κ1) is 10.7. The molecule has 1 aliphatic rings. The molecule has 1 N–H and O–H groups in total. The molecule has 2 rings (SSSR count). The number of rotatable bonds is 2. The maximum Gasteiger partial charge on any atom is 0.0603 e. The molecule has 1 aromatic carbocycles. The van der Waals surface area contributed by atoms with E-state index in [-0.39, 0.29) is 6.10 Å². The molecule has 0 amide bonds. The van der Waals surface area contributed by atoms with Crippen LogP contribution < -0.4 is 0 Å². The second-order valence-electron chi connectivity index (χ2n) is 4.83. The SMILES string of the molecule is CCc1ccc(C2C(C)C(O)C2C)cc1. The number of aliphatic hydroxyl groups excluding tert-OH is 1. The first-order valence-electron chi connectivity index (χ1n) is 5.92. The number of hydrogen-bond donors (Lipinski definition) is 1. The number of aryl methyl sites for hydroxylation is 1. The van der Waals surface area contributed by atoms with Crippen molar-refractivity contribution in [1.82, 2.24) is 0 Å². The Morgan fingerprint density at radius 2 is 1.60 bits per heavy atom. The summed E-state index contributed by atoms with van der Waals surface area (Å²) in [6.07, 6.45) is 0.986. The number of aliphatic hydroxyl groups is 1. The first-order valence-corrected chi connectivity index (χ1v) is 5.92. The van der Waals surface area contributed by atoms with E-state index in [4.69, 9.17) is 0 Å². The molecule has 1 fully saturated rings. The van der Waals surface area contributed by atoms with Crippen LogP contribution in [0, 0.1) is 11.8 Å². The van der Waals surface area contributed by atoms with Gasteiger partial charge in [-0.05, 0) is 35.3 Å². The molecule has 15 heavy (non-hydrogen) atoms. The molecule has 0 aliphatic heterocycles. The number of benzene rings is 1. The van der Waals surface area contributed by atoms with E-state index < -0.39 is 0 Å². The molecule has 0 saturated heterocycles. The molecule has 1 aromatic rings. The van der Waals surface area contributed by atoms with Gasteiger partial charge in [-0.1, -0.05) is 45.0 Å². The summed E-state index contributed by atoms with van der Waals surface area (Å²) in [4.78, 5) is 0. The Morgan fingerprint density at radius 1 is 1.07 bits per heavy atom. The zero-order valence-corrected chi connectivity index (χ0v) is 9.77. The highest BCUT2D eigenvalue weighted by molar-refractivity contribution is 5.29. The van der Waals surface area contributed by atoms with Gasteiger partial charge in [-0.15, -0.1) is 0 Å². The van der Waals surface area contributed by atoms with Gasteiger partial charge in [0.1, 0.15) is 0 Å². The first-order chi connectivity index (χ1) is 7.15. The van der Waals surface area contributed by atoms with Crippen molar-refractivity contribution in [2.75, 3.05) is 0 Å². The fraction of sp³-hybridized carbons (Fsp3) is 0.571. The molecule has 1 saturated carbocycles. The maximum atomic E-state index is 9.72. The van der Waals surface area contributed by atoms with Crippen LogP contribution >= 0.6 is 0 Å². The van der Waals surface area contributed by atoms with Crippen LogP contribution in [0.1, 0.15) is 37.8 Å². The molecule has 0 radical (unpaired) electrons. The van der Waals surface area contributed by atoms with Gasteiger partial charge in [0.15, 0.2) is 0 Å². The van der Waals surface area contributed by atoms with Gasteiger partial charge in [-0.3, -0.25) is 0 Å². The summed E-state index contributed by atoms with van der Waals surface area (Å²) < 4.78 is 0. The molecule has 0 heterocycles. The molecule has 2 atom stereocenters. The lowest BCUT2D eigenvalue weighted by atomic mass is 9.61. The lowest BCUT2D eigenvalue weighted by Crippen LogP contribution is -2.46. The largest absolute Gasteiger partial charge is 0.393 e. The molecule has 0 bridgehead atoms. The average molecular weight is 204 g/mol. The Hall–Kier alpha value is -0.820. The Balaban J connectivity index is 2.16. The fourth-order valence-electron chi connectivity index (χ4n) is 2.82. The Labute approximate surface area is 92.1 Å². The van der Waals surface area contributed by atoms with E-state index in [9.17, 15) is 5.11 Å². The van der Waals surface area contributed by atoms with Gasteiger partial charge in [-0.2, -0.15) is 0 Å². The van der Waals surface area contributed by atoms with Gasteiger partial charge >= 0.3 is 0 Å². The molecule has 1 aliphatic carbocycles. The molecule has 0 spiro atoms. The second kappa shape index (κ2) is 3.97. The van der Waals surface area contributed by atoms with Crippen molar-refractivity contribution < 1.29 is 5.11 Å². The number of hydrogen-bond acceptors (Lipinski definition) is 1. The third-order valence-corrected chi connectivity index (χ3v) is 3.98. The van der Waals surface area contributed by atoms with E-state index >= 15 is 0 Å². The standard InChI is InChI=1S/C14H20O/c1-4-11-5-7-12(8-6-11)13-9(2)14(15)10(13)3/h5-10,13-15H,4H2,1-3H3. The van der Waals surface area contributed by atoms with Crippen molar-refractivity contribution >= 4 is 0 Å². The van der Waals surface area contributed by atoms with Crippen LogP contribution in [0.15, 0.2) is 24.3 Å². The molecular formula is C14H20O. The summed E-state index contributed by atoms with van der Waals surface area (Å²) in [6.45, 7) is 6.46. The predicted molar refractivity (Wildman–Crippen MR) is 62.9 cm³/mol. The summed E-state index contributed by atoms with van der Waals surface area (Å²) in [5, 5.41) is 9.72. The van der Waals surface area contributed by atoms with Crippen molar-refractivity contribution in [2.24, 2.45) is 11.8 Å². The van der Waals surface area contributed by atoms with E-state index in [1.807, 2.05) is 0 Å². The molecule has 1 heteroatoms. The molecule has 82 valence electrons. The molecule has 2 unspecified atom stereocenters. The van der Waals surface area contributed by atoms with Crippen LogP contribution in [0.4, 0.5) is 0 Å². The van der Waals surface area contributed by atoms with Crippen molar-refractivity contribution in [3.05, 3.63) is 35.4 Å². The Morgan fingerprint density at radius 3 is 2.07 bits per heavy atom. The predicted octanol–water partition coefficient (Wildman–Crippen LogP) is 2.98. The normalized spacial score (nSPS) is 34.9. The van der Waals surface area contributed by atoms with Crippen LogP contribution in [0.3, 0.4) is 0 Å². The molecule has 0 aromatic heterocycles. The van der Waals surface area contributed by atoms with Crippen molar-refractivity contribution in [2.45, 2.75) is 39.2 Å². The zero-order chi connectivity index (χ0) is 11.0. The lowest BCUT2D eigenvalue weighted by molar-refractivity contribution is -0.0474.